The molecule has 1 atom stereocenters. The fraction of sp³-hybridized carbons (Fsp3) is 0.381. The molecule has 0 saturated carbocycles. The van der Waals surface area contributed by atoms with Crippen molar-refractivity contribution < 1.29 is 4.79 Å². The van der Waals surface area contributed by atoms with Crippen molar-refractivity contribution in [2.75, 3.05) is 13.1 Å². The number of hydrogen-bond acceptors (Lipinski definition) is 2. The zero-order chi connectivity index (χ0) is 17.5. The highest BCUT2D eigenvalue weighted by Crippen LogP contribution is 2.24. The molecule has 0 aromatic heterocycles. The van der Waals surface area contributed by atoms with Crippen LogP contribution in [0.3, 0.4) is 0 Å². The van der Waals surface area contributed by atoms with Gasteiger partial charge in [-0.3, -0.25) is 4.79 Å². The molecule has 1 saturated heterocycles. The van der Waals surface area contributed by atoms with E-state index in [1.54, 1.807) is 0 Å². The highest BCUT2D eigenvalue weighted by molar-refractivity contribution is 6.30. The maximum atomic E-state index is 12.6. The van der Waals surface area contributed by atoms with Crippen LogP contribution >= 0.6 is 11.6 Å². The number of halogens is 1. The normalized spacial score (nSPS) is 16.4. The maximum Gasteiger partial charge on any atom is 0.220 e. The van der Waals surface area contributed by atoms with Crippen LogP contribution in [0.25, 0.3) is 0 Å². The molecule has 0 spiro atoms. The summed E-state index contributed by atoms with van der Waals surface area (Å²) in [4.78, 5) is 12.6. The summed E-state index contributed by atoms with van der Waals surface area (Å²) in [6, 6.07) is 17.6. The number of nitrogens with one attached hydrogen (secondary N) is 2. The van der Waals surface area contributed by atoms with Gasteiger partial charge in [0.1, 0.15) is 0 Å². The van der Waals surface area contributed by atoms with E-state index in [-0.39, 0.29) is 11.9 Å². The fourth-order valence-electron chi connectivity index (χ4n) is 3.40. The van der Waals surface area contributed by atoms with Gasteiger partial charge in [-0.15, -0.1) is 0 Å². The van der Waals surface area contributed by atoms with Crippen molar-refractivity contribution in [3.8, 4) is 0 Å². The molecule has 0 radical (unpaired) electrons. The molecule has 25 heavy (non-hydrogen) atoms. The van der Waals surface area contributed by atoms with Crippen molar-refractivity contribution in [3.63, 3.8) is 0 Å². The zero-order valence-electron chi connectivity index (χ0n) is 14.4. The van der Waals surface area contributed by atoms with Crippen molar-refractivity contribution >= 4 is 17.5 Å². The Morgan fingerprint density at radius 1 is 1.04 bits per heavy atom. The van der Waals surface area contributed by atoms with Gasteiger partial charge in [-0.2, -0.15) is 0 Å². The Morgan fingerprint density at radius 2 is 1.68 bits per heavy atom. The molecule has 0 bridgehead atoms. The molecule has 2 aromatic carbocycles. The Morgan fingerprint density at radius 3 is 2.36 bits per heavy atom. The third-order valence-electron chi connectivity index (χ3n) is 4.88. The summed E-state index contributed by atoms with van der Waals surface area (Å²) in [7, 11) is 0. The average Bonchev–Trinajstić information content (AvgIpc) is 2.67. The van der Waals surface area contributed by atoms with Gasteiger partial charge in [0, 0.05) is 11.4 Å². The van der Waals surface area contributed by atoms with Crippen molar-refractivity contribution in [2.45, 2.75) is 31.7 Å². The predicted molar refractivity (Wildman–Crippen MR) is 103 cm³/mol. The second kappa shape index (κ2) is 9.02. The minimum atomic E-state index is -0.140. The van der Waals surface area contributed by atoms with Gasteiger partial charge in [0.2, 0.25) is 5.91 Å². The summed E-state index contributed by atoms with van der Waals surface area (Å²) in [6.07, 6.45) is 3.90. The maximum absolute atomic E-state index is 12.6. The van der Waals surface area contributed by atoms with Crippen LogP contribution in [0.15, 0.2) is 54.6 Å². The van der Waals surface area contributed by atoms with Gasteiger partial charge < -0.3 is 10.6 Å². The SMILES string of the molecule is O=C(CCC1CCNCC1)NC(c1ccccc1)c1ccc(Cl)cc1. The van der Waals surface area contributed by atoms with Crippen LogP contribution < -0.4 is 10.6 Å². The number of amides is 1. The second-order valence-corrected chi connectivity index (χ2v) is 7.13. The molecule has 1 unspecified atom stereocenters. The standard InChI is InChI=1S/C21H25ClN2O/c22-19-9-7-18(8-10-19)21(17-4-2-1-3-5-17)24-20(25)11-6-16-12-14-23-15-13-16/h1-5,7-10,16,21,23H,6,11-15H2,(H,24,25). The van der Waals surface area contributed by atoms with Gasteiger partial charge in [0.05, 0.1) is 6.04 Å². The van der Waals surface area contributed by atoms with Crippen molar-refractivity contribution in [3.05, 3.63) is 70.7 Å². The van der Waals surface area contributed by atoms with Crippen LogP contribution in [-0.4, -0.2) is 19.0 Å². The summed E-state index contributed by atoms with van der Waals surface area (Å²) in [5.41, 5.74) is 2.13. The van der Waals surface area contributed by atoms with Gasteiger partial charge in [0.15, 0.2) is 0 Å². The van der Waals surface area contributed by atoms with Crippen LogP contribution in [0.5, 0.6) is 0 Å². The van der Waals surface area contributed by atoms with Crippen LogP contribution in [0.4, 0.5) is 0 Å². The van der Waals surface area contributed by atoms with E-state index in [4.69, 9.17) is 11.6 Å². The number of benzene rings is 2. The molecule has 3 nitrogen and oxygen atoms in total. The summed E-state index contributed by atoms with van der Waals surface area (Å²) in [5.74, 6) is 0.778. The van der Waals surface area contributed by atoms with Gasteiger partial charge in [0.25, 0.3) is 0 Å². The Balaban J connectivity index is 1.66. The van der Waals surface area contributed by atoms with Gasteiger partial charge in [-0.05, 0) is 61.5 Å². The quantitative estimate of drug-likeness (QED) is 0.809. The Kier molecular flexibility index (Phi) is 6.48. The first-order valence-electron chi connectivity index (χ1n) is 9.03. The largest absolute Gasteiger partial charge is 0.345 e. The monoisotopic (exact) mass is 356 g/mol. The Bertz CT molecular complexity index is 666. The van der Waals surface area contributed by atoms with E-state index in [1.165, 1.54) is 12.8 Å². The van der Waals surface area contributed by atoms with Gasteiger partial charge >= 0.3 is 0 Å². The number of piperidine rings is 1. The van der Waals surface area contributed by atoms with E-state index in [2.05, 4.69) is 10.6 Å². The molecular weight excluding hydrogens is 332 g/mol. The number of rotatable bonds is 6. The summed E-state index contributed by atoms with van der Waals surface area (Å²) in [6.45, 7) is 2.15. The fourth-order valence-corrected chi connectivity index (χ4v) is 3.52. The molecule has 1 aliphatic heterocycles. The molecule has 1 heterocycles. The minimum Gasteiger partial charge on any atom is -0.345 e. The van der Waals surface area contributed by atoms with Gasteiger partial charge in [-0.1, -0.05) is 54.1 Å². The van der Waals surface area contributed by atoms with E-state index >= 15 is 0 Å². The minimum absolute atomic E-state index is 0.113. The topological polar surface area (TPSA) is 41.1 Å². The van der Waals surface area contributed by atoms with Crippen LogP contribution in [-0.2, 0) is 4.79 Å². The molecule has 2 N–H and O–H groups in total. The smallest absolute Gasteiger partial charge is 0.220 e. The Hall–Kier alpha value is -1.84. The average molecular weight is 357 g/mol. The van der Waals surface area contributed by atoms with Gasteiger partial charge in [-0.25, -0.2) is 0 Å². The third kappa shape index (κ3) is 5.32. The highest BCUT2D eigenvalue weighted by Gasteiger charge is 2.19. The van der Waals surface area contributed by atoms with E-state index in [0.717, 1.165) is 30.6 Å². The summed E-state index contributed by atoms with van der Waals surface area (Å²) >= 11 is 6.01. The lowest BCUT2D eigenvalue weighted by Crippen LogP contribution is -2.31. The first-order chi connectivity index (χ1) is 12.2. The lowest BCUT2D eigenvalue weighted by atomic mass is 9.92. The number of carbonyl (C=O) groups excluding carboxylic acids is 1. The first-order valence-corrected chi connectivity index (χ1v) is 9.40. The molecule has 3 rings (SSSR count). The molecular formula is C21H25ClN2O. The van der Waals surface area contributed by atoms with Crippen LogP contribution in [0.2, 0.25) is 5.02 Å². The molecule has 1 aliphatic rings. The summed E-state index contributed by atoms with van der Waals surface area (Å²) in [5, 5.41) is 7.28. The molecule has 1 fully saturated rings. The molecule has 2 aromatic rings. The van der Waals surface area contributed by atoms with Crippen molar-refractivity contribution in [2.24, 2.45) is 5.92 Å². The lowest BCUT2D eigenvalue weighted by Gasteiger charge is -2.23. The first kappa shape index (κ1) is 18.0. The molecule has 132 valence electrons. The highest BCUT2D eigenvalue weighted by atomic mass is 35.5. The number of hydrogen-bond donors (Lipinski definition) is 2. The van der Waals surface area contributed by atoms with E-state index in [1.807, 2.05) is 54.6 Å². The zero-order valence-corrected chi connectivity index (χ0v) is 15.1. The van der Waals surface area contributed by atoms with Crippen molar-refractivity contribution in [1.82, 2.24) is 10.6 Å². The lowest BCUT2D eigenvalue weighted by molar-refractivity contribution is -0.121. The van der Waals surface area contributed by atoms with Crippen LogP contribution in [0.1, 0.15) is 42.9 Å². The van der Waals surface area contributed by atoms with Crippen LogP contribution in [0, 0.1) is 5.92 Å². The number of carbonyl (C=O) groups is 1. The summed E-state index contributed by atoms with van der Waals surface area (Å²) < 4.78 is 0. The second-order valence-electron chi connectivity index (χ2n) is 6.69. The molecule has 1 amide bonds. The van der Waals surface area contributed by atoms with E-state index in [0.29, 0.717) is 17.4 Å². The van der Waals surface area contributed by atoms with E-state index in [9.17, 15) is 4.79 Å². The Labute approximate surface area is 154 Å². The molecule has 0 aliphatic carbocycles. The predicted octanol–water partition coefficient (Wildman–Crippen LogP) is 4.33. The van der Waals surface area contributed by atoms with Crippen molar-refractivity contribution in [1.29, 1.82) is 0 Å². The third-order valence-corrected chi connectivity index (χ3v) is 5.13. The molecule has 4 heteroatoms. The van der Waals surface area contributed by atoms with E-state index < -0.39 is 0 Å².